The number of carbonyl (C=O) groups excluding carboxylic acids is 1. The van der Waals surface area contributed by atoms with Gasteiger partial charge in [-0.15, -0.1) is 0 Å². The molecule has 4 nitrogen and oxygen atoms in total. The van der Waals surface area contributed by atoms with Crippen LogP contribution in [-0.4, -0.2) is 31.5 Å². The SMILES string of the molecule is CNC(=O)CCN(C)c1ncc(Cl)cc1Br. The Kier molecular flexibility index (Phi) is 5.02. The number of nitrogens with zero attached hydrogens (tertiary/aromatic N) is 2. The lowest BCUT2D eigenvalue weighted by Crippen LogP contribution is -2.27. The fraction of sp³-hybridized carbons (Fsp3) is 0.400. The molecule has 6 heteroatoms. The second-order valence-corrected chi connectivity index (χ2v) is 4.59. The maximum atomic E-state index is 11.1. The first kappa shape index (κ1) is 13.3. The summed E-state index contributed by atoms with van der Waals surface area (Å²) in [4.78, 5) is 17.2. The van der Waals surface area contributed by atoms with Crippen molar-refractivity contribution in [3.05, 3.63) is 21.8 Å². The van der Waals surface area contributed by atoms with Crippen molar-refractivity contribution in [2.45, 2.75) is 6.42 Å². The van der Waals surface area contributed by atoms with Crippen LogP contribution >= 0.6 is 27.5 Å². The average Bonchev–Trinajstić information content (AvgIpc) is 2.25. The van der Waals surface area contributed by atoms with Gasteiger partial charge in [0.25, 0.3) is 0 Å². The summed E-state index contributed by atoms with van der Waals surface area (Å²) >= 11 is 9.18. The maximum absolute atomic E-state index is 11.1. The summed E-state index contributed by atoms with van der Waals surface area (Å²) in [6.45, 7) is 0.604. The number of anilines is 1. The maximum Gasteiger partial charge on any atom is 0.221 e. The molecule has 1 amide bonds. The Morgan fingerprint density at radius 1 is 1.69 bits per heavy atom. The van der Waals surface area contributed by atoms with E-state index < -0.39 is 0 Å². The van der Waals surface area contributed by atoms with Gasteiger partial charge < -0.3 is 10.2 Å². The molecule has 0 saturated heterocycles. The van der Waals surface area contributed by atoms with Gasteiger partial charge in [0, 0.05) is 33.3 Å². The first-order valence-corrected chi connectivity index (χ1v) is 5.94. The van der Waals surface area contributed by atoms with Crippen LogP contribution in [0, 0.1) is 0 Å². The molecule has 1 rings (SSSR count). The third kappa shape index (κ3) is 3.64. The Hall–Kier alpha value is -0.810. The van der Waals surface area contributed by atoms with Crippen molar-refractivity contribution in [3.63, 3.8) is 0 Å². The lowest BCUT2D eigenvalue weighted by molar-refractivity contribution is -0.120. The van der Waals surface area contributed by atoms with E-state index in [0.29, 0.717) is 18.0 Å². The molecular weight excluding hydrogens is 293 g/mol. The summed E-state index contributed by atoms with van der Waals surface area (Å²) in [5.74, 6) is 0.783. The molecule has 0 spiro atoms. The van der Waals surface area contributed by atoms with Crippen LogP contribution < -0.4 is 10.2 Å². The zero-order valence-electron chi connectivity index (χ0n) is 9.13. The van der Waals surface area contributed by atoms with Gasteiger partial charge in [-0.3, -0.25) is 4.79 Å². The average molecular weight is 307 g/mol. The second kappa shape index (κ2) is 6.06. The molecule has 1 heterocycles. The first-order chi connectivity index (χ1) is 7.54. The number of hydrogen-bond acceptors (Lipinski definition) is 3. The highest BCUT2D eigenvalue weighted by molar-refractivity contribution is 9.10. The van der Waals surface area contributed by atoms with E-state index in [4.69, 9.17) is 11.6 Å². The quantitative estimate of drug-likeness (QED) is 0.926. The Bertz CT molecular complexity index is 386. The van der Waals surface area contributed by atoms with Crippen molar-refractivity contribution >= 4 is 39.3 Å². The monoisotopic (exact) mass is 305 g/mol. The number of pyridine rings is 1. The molecule has 1 aromatic rings. The fourth-order valence-electron chi connectivity index (χ4n) is 1.19. The van der Waals surface area contributed by atoms with E-state index in [2.05, 4.69) is 26.2 Å². The van der Waals surface area contributed by atoms with Crippen LogP contribution in [0.2, 0.25) is 5.02 Å². The van der Waals surface area contributed by atoms with E-state index in [-0.39, 0.29) is 5.91 Å². The molecule has 0 radical (unpaired) electrons. The number of carbonyl (C=O) groups is 1. The minimum atomic E-state index is 0.0111. The number of nitrogens with one attached hydrogen (secondary N) is 1. The highest BCUT2D eigenvalue weighted by atomic mass is 79.9. The standard InChI is InChI=1S/C10H13BrClN3O/c1-13-9(16)3-4-15(2)10-8(11)5-7(12)6-14-10/h5-6H,3-4H2,1-2H3,(H,13,16). The van der Waals surface area contributed by atoms with Crippen LogP contribution in [0.5, 0.6) is 0 Å². The number of halogens is 2. The van der Waals surface area contributed by atoms with Crippen LogP contribution in [-0.2, 0) is 4.79 Å². The molecule has 88 valence electrons. The van der Waals surface area contributed by atoms with Gasteiger partial charge in [0.05, 0.1) is 9.50 Å². The van der Waals surface area contributed by atoms with Gasteiger partial charge in [0.2, 0.25) is 5.91 Å². The Morgan fingerprint density at radius 3 is 2.94 bits per heavy atom. The van der Waals surface area contributed by atoms with E-state index in [1.54, 1.807) is 19.3 Å². The van der Waals surface area contributed by atoms with Gasteiger partial charge in [-0.05, 0) is 22.0 Å². The van der Waals surface area contributed by atoms with Crippen molar-refractivity contribution in [1.29, 1.82) is 0 Å². The topological polar surface area (TPSA) is 45.2 Å². The van der Waals surface area contributed by atoms with Crippen molar-refractivity contribution < 1.29 is 4.79 Å². The van der Waals surface area contributed by atoms with E-state index >= 15 is 0 Å². The number of hydrogen-bond donors (Lipinski definition) is 1. The van der Waals surface area contributed by atoms with Crippen molar-refractivity contribution in [2.24, 2.45) is 0 Å². The first-order valence-electron chi connectivity index (χ1n) is 4.77. The molecule has 0 fully saturated rings. The molecule has 1 N–H and O–H groups in total. The van der Waals surface area contributed by atoms with Gasteiger partial charge >= 0.3 is 0 Å². The van der Waals surface area contributed by atoms with Crippen LogP contribution in [0.15, 0.2) is 16.7 Å². The Labute approximate surface area is 108 Å². The molecule has 0 atom stereocenters. The highest BCUT2D eigenvalue weighted by Crippen LogP contribution is 2.25. The summed E-state index contributed by atoms with van der Waals surface area (Å²) in [6.07, 6.45) is 2.02. The summed E-state index contributed by atoms with van der Waals surface area (Å²) in [6, 6.07) is 1.78. The largest absolute Gasteiger partial charge is 0.359 e. The number of aromatic nitrogens is 1. The second-order valence-electron chi connectivity index (χ2n) is 3.30. The normalized spacial score (nSPS) is 10.0. The smallest absolute Gasteiger partial charge is 0.221 e. The summed E-state index contributed by atoms with van der Waals surface area (Å²) < 4.78 is 0.819. The molecule has 0 aliphatic carbocycles. The van der Waals surface area contributed by atoms with Crippen molar-refractivity contribution in [2.75, 3.05) is 25.5 Å². The van der Waals surface area contributed by atoms with E-state index in [1.807, 2.05) is 11.9 Å². The minimum Gasteiger partial charge on any atom is -0.359 e. The van der Waals surface area contributed by atoms with Crippen LogP contribution in [0.25, 0.3) is 0 Å². The highest BCUT2D eigenvalue weighted by Gasteiger charge is 2.09. The van der Waals surface area contributed by atoms with Crippen molar-refractivity contribution in [3.8, 4) is 0 Å². The van der Waals surface area contributed by atoms with Gasteiger partial charge in [-0.2, -0.15) is 0 Å². The van der Waals surface area contributed by atoms with E-state index in [9.17, 15) is 4.79 Å². The molecule has 0 aliphatic rings. The molecular formula is C10H13BrClN3O. The third-order valence-electron chi connectivity index (χ3n) is 2.10. The lowest BCUT2D eigenvalue weighted by Gasteiger charge is -2.18. The summed E-state index contributed by atoms with van der Waals surface area (Å²) in [5.41, 5.74) is 0. The molecule has 0 aliphatic heterocycles. The Balaban J connectivity index is 2.65. The predicted octanol–water partition coefficient (Wildman–Crippen LogP) is 2.07. The van der Waals surface area contributed by atoms with Gasteiger partial charge in [0.1, 0.15) is 5.82 Å². The van der Waals surface area contributed by atoms with Gasteiger partial charge in [-0.25, -0.2) is 4.98 Å². The van der Waals surface area contributed by atoms with Crippen LogP contribution in [0.4, 0.5) is 5.82 Å². The van der Waals surface area contributed by atoms with Crippen molar-refractivity contribution in [1.82, 2.24) is 10.3 Å². The number of rotatable bonds is 4. The fourth-order valence-corrected chi connectivity index (χ4v) is 2.13. The van der Waals surface area contributed by atoms with E-state index in [0.717, 1.165) is 10.3 Å². The lowest BCUT2D eigenvalue weighted by atomic mass is 10.3. The molecule has 0 unspecified atom stereocenters. The zero-order valence-corrected chi connectivity index (χ0v) is 11.5. The predicted molar refractivity (Wildman–Crippen MR) is 68.9 cm³/mol. The molecule has 0 saturated carbocycles. The summed E-state index contributed by atoms with van der Waals surface area (Å²) in [5, 5.41) is 3.16. The Morgan fingerprint density at radius 2 is 2.38 bits per heavy atom. The zero-order chi connectivity index (χ0) is 12.1. The van der Waals surface area contributed by atoms with Crippen LogP contribution in [0.3, 0.4) is 0 Å². The van der Waals surface area contributed by atoms with Crippen LogP contribution in [0.1, 0.15) is 6.42 Å². The van der Waals surface area contributed by atoms with Gasteiger partial charge in [0.15, 0.2) is 0 Å². The summed E-state index contributed by atoms with van der Waals surface area (Å²) in [7, 11) is 3.50. The molecule has 0 bridgehead atoms. The minimum absolute atomic E-state index is 0.0111. The third-order valence-corrected chi connectivity index (χ3v) is 2.89. The molecule has 1 aromatic heterocycles. The van der Waals surface area contributed by atoms with Gasteiger partial charge in [-0.1, -0.05) is 11.6 Å². The molecule has 0 aromatic carbocycles. The molecule has 16 heavy (non-hydrogen) atoms. The number of amides is 1. The van der Waals surface area contributed by atoms with E-state index in [1.165, 1.54) is 0 Å².